The fraction of sp³-hybridized carbons (Fsp3) is 0.312. The number of likely N-dealkylation sites (N-methyl/N-ethyl adjacent to an activating group) is 1. The molecule has 0 spiro atoms. The van der Waals surface area contributed by atoms with Crippen LogP contribution < -0.4 is 5.69 Å². The molecule has 3 rings (SSSR count). The molecule has 1 aliphatic heterocycles. The number of carbonyl (C=O) groups excluding carboxylic acids is 1. The van der Waals surface area contributed by atoms with Gasteiger partial charge in [-0.25, -0.2) is 4.79 Å². The molecule has 2 aromatic rings. The van der Waals surface area contributed by atoms with Crippen LogP contribution in [0.4, 0.5) is 0 Å². The minimum Gasteiger partial charge on any atom is -0.335 e. The summed E-state index contributed by atoms with van der Waals surface area (Å²) >= 11 is 0. The quantitative estimate of drug-likeness (QED) is 0.891. The van der Waals surface area contributed by atoms with Crippen molar-refractivity contribution < 1.29 is 4.79 Å². The maximum Gasteiger partial charge on any atom is 0.346 e. The number of benzene rings is 1. The molecule has 0 aliphatic carbocycles. The van der Waals surface area contributed by atoms with Crippen LogP contribution in [0, 0.1) is 0 Å². The van der Waals surface area contributed by atoms with Gasteiger partial charge in [0.25, 0.3) is 5.91 Å². The second-order valence-corrected chi connectivity index (χ2v) is 5.45. The van der Waals surface area contributed by atoms with Crippen LogP contribution in [-0.2, 0) is 0 Å². The first-order chi connectivity index (χ1) is 10.6. The third kappa shape index (κ3) is 3.07. The number of rotatable bonds is 2. The van der Waals surface area contributed by atoms with E-state index in [9.17, 15) is 9.59 Å². The zero-order valence-electron chi connectivity index (χ0n) is 12.5. The second-order valence-electron chi connectivity index (χ2n) is 5.45. The molecule has 0 radical (unpaired) electrons. The largest absolute Gasteiger partial charge is 0.346 e. The summed E-state index contributed by atoms with van der Waals surface area (Å²) in [6.07, 6.45) is 0. The van der Waals surface area contributed by atoms with Gasteiger partial charge in [-0.1, -0.05) is 30.3 Å². The van der Waals surface area contributed by atoms with Crippen molar-refractivity contribution in [2.24, 2.45) is 0 Å². The van der Waals surface area contributed by atoms with Crippen molar-refractivity contribution in [3.05, 3.63) is 52.6 Å². The molecule has 22 heavy (non-hydrogen) atoms. The molecule has 1 aliphatic rings. The monoisotopic (exact) mass is 298 g/mol. The Labute approximate surface area is 128 Å². The van der Waals surface area contributed by atoms with Gasteiger partial charge < -0.3 is 14.8 Å². The van der Waals surface area contributed by atoms with Crippen molar-refractivity contribution in [1.82, 2.24) is 19.8 Å². The molecule has 114 valence electrons. The molecule has 1 aromatic heterocycles. The molecule has 1 saturated heterocycles. The SMILES string of the molecule is CN1CCN(C(=O)c2cc(-c3ccccc3)nc(=O)[nH]2)CC1. The summed E-state index contributed by atoms with van der Waals surface area (Å²) in [7, 11) is 2.03. The summed E-state index contributed by atoms with van der Waals surface area (Å²) in [6.45, 7) is 3.01. The van der Waals surface area contributed by atoms with Crippen molar-refractivity contribution in [1.29, 1.82) is 0 Å². The molecule has 1 N–H and O–H groups in total. The van der Waals surface area contributed by atoms with E-state index in [4.69, 9.17) is 0 Å². The van der Waals surface area contributed by atoms with Gasteiger partial charge in [0.15, 0.2) is 0 Å². The lowest BCUT2D eigenvalue weighted by Crippen LogP contribution is -2.47. The van der Waals surface area contributed by atoms with E-state index in [1.807, 2.05) is 37.4 Å². The van der Waals surface area contributed by atoms with Crippen LogP contribution in [0.1, 0.15) is 10.5 Å². The zero-order chi connectivity index (χ0) is 15.5. The fourth-order valence-corrected chi connectivity index (χ4v) is 2.51. The van der Waals surface area contributed by atoms with Crippen LogP contribution in [0.2, 0.25) is 0 Å². The standard InChI is InChI=1S/C16H18N4O2/c1-19-7-9-20(10-8-19)15(21)14-11-13(17-16(22)18-14)12-5-3-2-4-6-12/h2-6,11H,7-10H2,1H3,(H,17,18,22). The van der Waals surface area contributed by atoms with Crippen LogP contribution >= 0.6 is 0 Å². The molecular formula is C16H18N4O2. The first kappa shape index (κ1) is 14.5. The van der Waals surface area contributed by atoms with E-state index >= 15 is 0 Å². The Bertz CT molecular complexity index is 718. The molecule has 0 atom stereocenters. The molecule has 1 amide bonds. The van der Waals surface area contributed by atoms with Gasteiger partial charge in [-0.05, 0) is 13.1 Å². The van der Waals surface area contributed by atoms with Crippen molar-refractivity contribution in [2.45, 2.75) is 0 Å². The van der Waals surface area contributed by atoms with E-state index in [-0.39, 0.29) is 5.91 Å². The normalized spacial score (nSPS) is 15.8. The Morgan fingerprint density at radius 3 is 2.50 bits per heavy atom. The highest BCUT2D eigenvalue weighted by Crippen LogP contribution is 2.16. The Kier molecular flexibility index (Phi) is 4.02. The highest BCUT2D eigenvalue weighted by atomic mass is 16.2. The lowest BCUT2D eigenvalue weighted by molar-refractivity contribution is 0.0657. The third-order valence-corrected chi connectivity index (χ3v) is 3.84. The highest BCUT2D eigenvalue weighted by Gasteiger charge is 2.21. The van der Waals surface area contributed by atoms with E-state index in [2.05, 4.69) is 14.9 Å². The van der Waals surface area contributed by atoms with Gasteiger partial charge in [0.2, 0.25) is 0 Å². The predicted octanol–water partition coefficient (Wildman–Crippen LogP) is 0.824. The summed E-state index contributed by atoms with van der Waals surface area (Å²) in [5.41, 5.74) is 1.13. The lowest BCUT2D eigenvalue weighted by atomic mass is 10.1. The molecule has 0 unspecified atom stereocenters. The molecule has 2 heterocycles. The summed E-state index contributed by atoms with van der Waals surface area (Å²) in [4.78, 5) is 34.8. The minimum absolute atomic E-state index is 0.148. The number of nitrogens with zero attached hydrogens (tertiary/aromatic N) is 3. The number of aromatic amines is 1. The molecule has 6 heteroatoms. The minimum atomic E-state index is -0.501. The van der Waals surface area contributed by atoms with Gasteiger partial charge in [-0.2, -0.15) is 4.98 Å². The number of hydrogen-bond donors (Lipinski definition) is 1. The van der Waals surface area contributed by atoms with E-state index in [0.717, 1.165) is 18.7 Å². The molecular weight excluding hydrogens is 280 g/mol. The van der Waals surface area contributed by atoms with Crippen LogP contribution in [0.15, 0.2) is 41.2 Å². The topological polar surface area (TPSA) is 69.3 Å². The highest BCUT2D eigenvalue weighted by molar-refractivity contribution is 5.93. The fourth-order valence-electron chi connectivity index (χ4n) is 2.51. The van der Waals surface area contributed by atoms with Crippen LogP contribution in [-0.4, -0.2) is 58.9 Å². The zero-order valence-corrected chi connectivity index (χ0v) is 12.5. The Morgan fingerprint density at radius 2 is 1.82 bits per heavy atom. The Balaban J connectivity index is 1.90. The Morgan fingerprint density at radius 1 is 1.14 bits per heavy atom. The summed E-state index contributed by atoms with van der Waals surface area (Å²) in [5.74, 6) is -0.148. The van der Waals surface area contributed by atoms with Crippen LogP contribution in [0.5, 0.6) is 0 Å². The van der Waals surface area contributed by atoms with Crippen LogP contribution in [0.25, 0.3) is 11.3 Å². The average molecular weight is 298 g/mol. The van der Waals surface area contributed by atoms with Crippen molar-refractivity contribution in [2.75, 3.05) is 33.2 Å². The Hall–Kier alpha value is -2.47. The molecule has 1 fully saturated rings. The first-order valence-electron chi connectivity index (χ1n) is 7.28. The predicted molar refractivity (Wildman–Crippen MR) is 83.7 cm³/mol. The number of nitrogens with one attached hydrogen (secondary N) is 1. The number of H-pyrrole nitrogens is 1. The van der Waals surface area contributed by atoms with Gasteiger partial charge in [-0.15, -0.1) is 0 Å². The second kappa shape index (κ2) is 6.11. The lowest BCUT2D eigenvalue weighted by Gasteiger charge is -2.32. The first-order valence-corrected chi connectivity index (χ1v) is 7.28. The number of hydrogen-bond acceptors (Lipinski definition) is 4. The maximum absolute atomic E-state index is 12.6. The number of amides is 1. The van der Waals surface area contributed by atoms with E-state index in [1.54, 1.807) is 11.0 Å². The third-order valence-electron chi connectivity index (χ3n) is 3.84. The maximum atomic E-state index is 12.6. The van der Waals surface area contributed by atoms with E-state index < -0.39 is 5.69 Å². The van der Waals surface area contributed by atoms with Gasteiger partial charge in [-0.3, -0.25) is 4.79 Å². The summed E-state index contributed by atoms with van der Waals surface area (Å²) in [6, 6.07) is 11.0. The van der Waals surface area contributed by atoms with E-state index in [1.165, 1.54) is 0 Å². The number of aromatic nitrogens is 2. The summed E-state index contributed by atoms with van der Waals surface area (Å²) < 4.78 is 0. The molecule has 6 nitrogen and oxygen atoms in total. The molecule has 0 bridgehead atoms. The van der Waals surface area contributed by atoms with Crippen LogP contribution in [0.3, 0.4) is 0 Å². The number of carbonyl (C=O) groups is 1. The molecule has 1 aromatic carbocycles. The molecule has 0 saturated carbocycles. The van der Waals surface area contributed by atoms with Crippen molar-refractivity contribution >= 4 is 5.91 Å². The summed E-state index contributed by atoms with van der Waals surface area (Å²) in [5, 5.41) is 0. The van der Waals surface area contributed by atoms with Crippen molar-refractivity contribution in [3.8, 4) is 11.3 Å². The van der Waals surface area contributed by atoms with Gasteiger partial charge in [0.1, 0.15) is 5.69 Å². The number of piperazine rings is 1. The average Bonchev–Trinajstić information content (AvgIpc) is 2.55. The van der Waals surface area contributed by atoms with Gasteiger partial charge in [0.05, 0.1) is 5.69 Å². The van der Waals surface area contributed by atoms with Gasteiger partial charge in [0, 0.05) is 31.7 Å². The van der Waals surface area contributed by atoms with E-state index in [0.29, 0.717) is 24.5 Å². The van der Waals surface area contributed by atoms with Gasteiger partial charge >= 0.3 is 5.69 Å². The smallest absolute Gasteiger partial charge is 0.335 e. The van der Waals surface area contributed by atoms with Crippen molar-refractivity contribution in [3.63, 3.8) is 0 Å².